The topological polar surface area (TPSA) is 37.4 Å². The predicted molar refractivity (Wildman–Crippen MR) is 89.1 cm³/mol. The van der Waals surface area contributed by atoms with E-state index < -0.39 is 10.0 Å². The van der Waals surface area contributed by atoms with Crippen LogP contribution in [0.25, 0.3) is 0 Å². The predicted octanol–water partition coefficient (Wildman–Crippen LogP) is 3.44. The lowest BCUT2D eigenvalue weighted by Gasteiger charge is -2.32. The van der Waals surface area contributed by atoms with E-state index in [9.17, 15) is 8.42 Å². The lowest BCUT2D eigenvalue weighted by atomic mass is 9.92. The lowest BCUT2D eigenvalue weighted by Crippen LogP contribution is -2.38. The summed E-state index contributed by atoms with van der Waals surface area (Å²) in [6.45, 7) is 5.11. The Bertz CT molecular complexity index is 783. The number of hydrogen-bond donors (Lipinski definition) is 0. The first kappa shape index (κ1) is 15.3. The van der Waals surface area contributed by atoms with E-state index in [1.165, 1.54) is 5.56 Å². The van der Waals surface area contributed by atoms with Crippen LogP contribution in [0.5, 0.6) is 0 Å². The van der Waals surface area contributed by atoms with Gasteiger partial charge in [-0.2, -0.15) is 4.31 Å². The van der Waals surface area contributed by atoms with Gasteiger partial charge in [-0.1, -0.05) is 61.0 Å². The molecule has 0 amide bonds. The summed E-state index contributed by atoms with van der Waals surface area (Å²) < 4.78 is 27.1. The zero-order valence-electron chi connectivity index (χ0n) is 13.0. The highest BCUT2D eigenvalue weighted by molar-refractivity contribution is 7.88. The number of rotatable bonds is 3. The van der Waals surface area contributed by atoms with Gasteiger partial charge < -0.3 is 0 Å². The van der Waals surface area contributed by atoms with E-state index in [1.807, 2.05) is 49.4 Å². The Balaban J connectivity index is 1.85. The van der Waals surface area contributed by atoms with Crippen molar-refractivity contribution in [3.05, 3.63) is 70.8 Å². The third kappa shape index (κ3) is 3.08. The molecule has 0 saturated heterocycles. The zero-order chi connectivity index (χ0) is 15.7. The smallest absolute Gasteiger partial charge is 0.212 e. The van der Waals surface area contributed by atoms with Crippen LogP contribution in [0.3, 0.4) is 0 Å². The highest BCUT2D eigenvalue weighted by Gasteiger charge is 2.30. The number of benzene rings is 2. The number of aryl methyl sites for hydroxylation is 1. The van der Waals surface area contributed by atoms with Crippen molar-refractivity contribution in [3.63, 3.8) is 0 Å². The highest BCUT2D eigenvalue weighted by atomic mass is 32.2. The molecular formula is C18H21NO2S. The second kappa shape index (κ2) is 5.86. The van der Waals surface area contributed by atoms with E-state index >= 15 is 0 Å². The number of nitrogens with zero attached hydrogens (tertiary/aromatic N) is 1. The van der Waals surface area contributed by atoms with Crippen molar-refractivity contribution < 1.29 is 8.42 Å². The van der Waals surface area contributed by atoms with Crippen LogP contribution < -0.4 is 0 Å². The molecule has 4 heteroatoms. The van der Waals surface area contributed by atoms with Crippen molar-refractivity contribution >= 4 is 10.0 Å². The first-order chi connectivity index (χ1) is 10.5. The second-order valence-corrected chi connectivity index (χ2v) is 8.11. The van der Waals surface area contributed by atoms with Crippen molar-refractivity contribution in [3.8, 4) is 0 Å². The van der Waals surface area contributed by atoms with Crippen molar-refractivity contribution in [1.82, 2.24) is 4.31 Å². The molecule has 0 aliphatic carbocycles. The van der Waals surface area contributed by atoms with Gasteiger partial charge in [0.25, 0.3) is 0 Å². The van der Waals surface area contributed by atoms with E-state index in [2.05, 4.69) is 13.0 Å². The van der Waals surface area contributed by atoms with E-state index in [0.717, 1.165) is 16.7 Å². The second-order valence-electron chi connectivity index (χ2n) is 6.14. The normalized spacial score (nSPS) is 18.9. The largest absolute Gasteiger partial charge is 0.218 e. The van der Waals surface area contributed by atoms with E-state index in [4.69, 9.17) is 0 Å². The van der Waals surface area contributed by atoms with E-state index in [0.29, 0.717) is 13.1 Å². The first-order valence-corrected chi connectivity index (χ1v) is 9.18. The van der Waals surface area contributed by atoms with Crippen molar-refractivity contribution in [2.24, 2.45) is 0 Å². The van der Waals surface area contributed by atoms with Crippen LogP contribution >= 0.6 is 0 Å². The molecule has 1 heterocycles. The Hall–Kier alpha value is -1.65. The molecule has 3 nitrogen and oxygen atoms in total. The summed E-state index contributed by atoms with van der Waals surface area (Å²) in [6, 6.07) is 15.8. The standard InChI is InChI=1S/C18H21NO2S/c1-14-6-5-7-16(10-14)13-22(20,21)19-11-15(2)18-9-4-3-8-17(18)12-19/h3-10,15H,11-13H2,1-2H3. The molecule has 1 atom stereocenters. The van der Waals surface area contributed by atoms with Gasteiger partial charge in [0.1, 0.15) is 0 Å². The lowest BCUT2D eigenvalue weighted by molar-refractivity contribution is 0.363. The number of sulfonamides is 1. The molecule has 2 aromatic rings. The van der Waals surface area contributed by atoms with Gasteiger partial charge in [0, 0.05) is 13.1 Å². The monoisotopic (exact) mass is 315 g/mol. The Kier molecular flexibility index (Phi) is 4.06. The summed E-state index contributed by atoms with van der Waals surface area (Å²) in [5.74, 6) is 0.307. The molecule has 0 radical (unpaired) electrons. The zero-order valence-corrected chi connectivity index (χ0v) is 13.8. The van der Waals surface area contributed by atoms with E-state index in [1.54, 1.807) is 4.31 Å². The molecule has 1 aliphatic heterocycles. The SMILES string of the molecule is Cc1cccc(CS(=O)(=O)N2Cc3ccccc3C(C)C2)c1. The van der Waals surface area contributed by atoms with Crippen LogP contribution in [-0.2, 0) is 22.3 Å². The summed E-state index contributed by atoms with van der Waals surface area (Å²) in [5.41, 5.74) is 4.33. The van der Waals surface area contributed by atoms with Gasteiger partial charge in [0.05, 0.1) is 5.75 Å². The fourth-order valence-corrected chi connectivity index (χ4v) is 4.70. The summed E-state index contributed by atoms with van der Waals surface area (Å²) in [7, 11) is -3.30. The highest BCUT2D eigenvalue weighted by Crippen LogP contribution is 2.30. The summed E-state index contributed by atoms with van der Waals surface area (Å²) in [4.78, 5) is 0. The number of fused-ring (bicyclic) bond motifs is 1. The van der Waals surface area contributed by atoms with Crippen LogP contribution in [0.1, 0.15) is 35.1 Å². The molecule has 1 unspecified atom stereocenters. The molecular weight excluding hydrogens is 294 g/mol. The van der Waals surface area contributed by atoms with Crippen LogP contribution in [0, 0.1) is 6.92 Å². The maximum absolute atomic E-state index is 12.7. The Morgan fingerprint density at radius 3 is 2.68 bits per heavy atom. The molecule has 0 spiro atoms. The average molecular weight is 315 g/mol. The summed E-state index contributed by atoms with van der Waals surface area (Å²) >= 11 is 0. The van der Waals surface area contributed by atoms with Crippen molar-refractivity contribution in [2.75, 3.05) is 6.54 Å². The van der Waals surface area contributed by atoms with Crippen molar-refractivity contribution in [2.45, 2.75) is 32.1 Å². The van der Waals surface area contributed by atoms with Crippen LogP contribution in [0.4, 0.5) is 0 Å². The van der Waals surface area contributed by atoms with Gasteiger partial charge in [0.2, 0.25) is 10.0 Å². The van der Waals surface area contributed by atoms with Gasteiger partial charge in [0.15, 0.2) is 0 Å². The maximum atomic E-state index is 12.7. The fraction of sp³-hybridized carbons (Fsp3) is 0.333. The Morgan fingerprint density at radius 2 is 1.91 bits per heavy atom. The van der Waals surface area contributed by atoms with Gasteiger partial charge in [-0.25, -0.2) is 8.42 Å². The Morgan fingerprint density at radius 1 is 1.14 bits per heavy atom. The number of hydrogen-bond acceptors (Lipinski definition) is 2. The third-order valence-electron chi connectivity index (χ3n) is 4.24. The molecule has 3 rings (SSSR count). The Labute approximate surface area is 132 Å². The third-order valence-corrected chi connectivity index (χ3v) is 6.00. The van der Waals surface area contributed by atoms with Gasteiger partial charge in [-0.05, 0) is 29.5 Å². The molecule has 116 valence electrons. The van der Waals surface area contributed by atoms with Gasteiger partial charge in [-0.15, -0.1) is 0 Å². The van der Waals surface area contributed by atoms with E-state index in [-0.39, 0.29) is 11.7 Å². The first-order valence-electron chi connectivity index (χ1n) is 7.57. The van der Waals surface area contributed by atoms with Crippen molar-refractivity contribution in [1.29, 1.82) is 0 Å². The molecule has 1 aliphatic rings. The fourth-order valence-electron chi connectivity index (χ4n) is 3.13. The minimum atomic E-state index is -3.30. The molecule has 2 aromatic carbocycles. The van der Waals surface area contributed by atoms with Crippen LogP contribution in [-0.4, -0.2) is 19.3 Å². The van der Waals surface area contributed by atoms with Gasteiger partial charge >= 0.3 is 0 Å². The average Bonchev–Trinajstić information content (AvgIpc) is 2.47. The van der Waals surface area contributed by atoms with Crippen LogP contribution in [0.15, 0.2) is 48.5 Å². The molecule has 0 fully saturated rings. The summed E-state index contributed by atoms with van der Waals surface area (Å²) in [5, 5.41) is 0. The minimum absolute atomic E-state index is 0.0730. The molecule has 0 aromatic heterocycles. The summed E-state index contributed by atoms with van der Waals surface area (Å²) in [6.07, 6.45) is 0. The molecule has 0 bridgehead atoms. The quantitative estimate of drug-likeness (QED) is 0.870. The molecule has 0 saturated carbocycles. The maximum Gasteiger partial charge on any atom is 0.218 e. The molecule has 0 N–H and O–H groups in total. The van der Waals surface area contributed by atoms with Gasteiger partial charge in [-0.3, -0.25) is 0 Å². The minimum Gasteiger partial charge on any atom is -0.212 e. The molecule has 22 heavy (non-hydrogen) atoms. The van der Waals surface area contributed by atoms with Crippen LogP contribution in [0.2, 0.25) is 0 Å².